The summed E-state index contributed by atoms with van der Waals surface area (Å²) in [5.41, 5.74) is -1.27. The number of hydrogen-bond donors (Lipinski definition) is 2. The van der Waals surface area contributed by atoms with Crippen LogP contribution in [0.1, 0.15) is 16.1 Å². The van der Waals surface area contributed by atoms with Gasteiger partial charge in [0.05, 0.1) is 22.0 Å². The maximum absolute atomic E-state index is 13.5. The number of aromatic amines is 1. The number of rotatable bonds is 4. The lowest BCUT2D eigenvalue weighted by molar-refractivity contribution is -0.105. The van der Waals surface area contributed by atoms with Crippen LogP contribution < -0.4 is 5.32 Å². The SMILES string of the molecule is O=CNc1c(F)cc(F)cc1C(=O)c1cc(Cl)c(F)[nH]1. The van der Waals surface area contributed by atoms with E-state index in [0.717, 1.165) is 12.1 Å². The summed E-state index contributed by atoms with van der Waals surface area (Å²) in [5, 5.41) is 1.62. The van der Waals surface area contributed by atoms with Gasteiger partial charge in [-0.3, -0.25) is 9.59 Å². The first-order valence-electron chi connectivity index (χ1n) is 5.22. The highest BCUT2D eigenvalue weighted by atomic mass is 35.5. The largest absolute Gasteiger partial charge is 0.327 e. The van der Waals surface area contributed by atoms with Gasteiger partial charge in [-0.2, -0.15) is 4.39 Å². The van der Waals surface area contributed by atoms with E-state index in [1.165, 1.54) is 0 Å². The Morgan fingerprint density at radius 2 is 1.95 bits per heavy atom. The number of amides is 1. The Hall–Kier alpha value is -2.28. The molecule has 1 aromatic carbocycles. The topological polar surface area (TPSA) is 62.0 Å². The molecule has 2 rings (SSSR count). The van der Waals surface area contributed by atoms with Gasteiger partial charge in [0.25, 0.3) is 0 Å². The average molecular weight is 303 g/mol. The lowest BCUT2D eigenvalue weighted by Gasteiger charge is -2.08. The van der Waals surface area contributed by atoms with E-state index in [0.29, 0.717) is 6.07 Å². The number of benzene rings is 1. The van der Waals surface area contributed by atoms with Gasteiger partial charge in [0.15, 0.2) is 0 Å². The molecule has 0 fully saturated rings. The Balaban J connectivity index is 2.55. The molecule has 1 aromatic heterocycles. The van der Waals surface area contributed by atoms with Crippen LogP contribution in [0, 0.1) is 17.6 Å². The van der Waals surface area contributed by atoms with Gasteiger partial charge in [-0.15, -0.1) is 0 Å². The van der Waals surface area contributed by atoms with Crippen LogP contribution in [-0.2, 0) is 4.79 Å². The number of halogens is 4. The number of anilines is 1. The van der Waals surface area contributed by atoms with Crippen molar-refractivity contribution >= 4 is 29.5 Å². The summed E-state index contributed by atoms with van der Waals surface area (Å²) < 4.78 is 39.8. The Morgan fingerprint density at radius 3 is 2.50 bits per heavy atom. The van der Waals surface area contributed by atoms with E-state index in [-0.39, 0.29) is 17.1 Å². The van der Waals surface area contributed by atoms with Crippen LogP contribution in [0.5, 0.6) is 0 Å². The third-order valence-corrected chi connectivity index (χ3v) is 2.75. The molecule has 0 radical (unpaired) electrons. The fourth-order valence-corrected chi connectivity index (χ4v) is 1.79. The Labute approximate surface area is 115 Å². The van der Waals surface area contributed by atoms with Crippen LogP contribution in [-0.4, -0.2) is 17.2 Å². The summed E-state index contributed by atoms with van der Waals surface area (Å²) in [7, 11) is 0. The van der Waals surface area contributed by atoms with Crippen molar-refractivity contribution < 1.29 is 22.8 Å². The molecule has 4 nitrogen and oxygen atoms in total. The maximum Gasteiger partial charge on any atom is 0.211 e. The van der Waals surface area contributed by atoms with Crippen molar-refractivity contribution in [3.8, 4) is 0 Å². The minimum absolute atomic E-state index is 0.134. The molecule has 0 aliphatic carbocycles. The first-order valence-corrected chi connectivity index (χ1v) is 5.59. The molecule has 0 aliphatic heterocycles. The summed E-state index contributed by atoms with van der Waals surface area (Å²) in [4.78, 5) is 24.5. The van der Waals surface area contributed by atoms with Crippen molar-refractivity contribution in [1.82, 2.24) is 4.98 Å². The first-order chi connectivity index (χ1) is 9.43. The highest BCUT2D eigenvalue weighted by Crippen LogP contribution is 2.25. The number of carbonyl (C=O) groups is 2. The third kappa shape index (κ3) is 2.53. The smallest absolute Gasteiger partial charge is 0.211 e. The lowest BCUT2D eigenvalue weighted by atomic mass is 10.1. The molecule has 1 heterocycles. The fraction of sp³-hybridized carbons (Fsp3) is 0. The van der Waals surface area contributed by atoms with E-state index < -0.39 is 34.6 Å². The Kier molecular flexibility index (Phi) is 3.80. The molecule has 8 heteroatoms. The van der Waals surface area contributed by atoms with Crippen molar-refractivity contribution in [2.24, 2.45) is 0 Å². The van der Waals surface area contributed by atoms with Crippen molar-refractivity contribution in [1.29, 1.82) is 0 Å². The molecule has 0 saturated carbocycles. The van der Waals surface area contributed by atoms with E-state index in [4.69, 9.17) is 11.6 Å². The number of nitrogens with one attached hydrogen (secondary N) is 2. The fourth-order valence-electron chi connectivity index (χ4n) is 1.63. The molecule has 0 spiro atoms. The molecule has 20 heavy (non-hydrogen) atoms. The van der Waals surface area contributed by atoms with Gasteiger partial charge in [-0.05, 0) is 12.1 Å². The highest BCUT2D eigenvalue weighted by Gasteiger charge is 2.21. The third-order valence-electron chi connectivity index (χ3n) is 2.47. The van der Waals surface area contributed by atoms with Gasteiger partial charge < -0.3 is 10.3 Å². The zero-order valence-corrected chi connectivity index (χ0v) is 10.4. The molecule has 2 aromatic rings. The number of hydrogen-bond acceptors (Lipinski definition) is 2. The summed E-state index contributed by atoms with van der Waals surface area (Å²) in [6.45, 7) is 0. The number of aromatic nitrogens is 1. The summed E-state index contributed by atoms with van der Waals surface area (Å²) in [6.07, 6.45) is 0.134. The van der Waals surface area contributed by atoms with E-state index >= 15 is 0 Å². The van der Waals surface area contributed by atoms with Crippen molar-refractivity contribution in [3.63, 3.8) is 0 Å². The minimum atomic E-state index is -1.13. The Bertz CT molecular complexity index is 681. The van der Waals surface area contributed by atoms with Gasteiger partial charge in [0.1, 0.15) is 11.6 Å². The molecule has 2 N–H and O–H groups in total. The lowest BCUT2D eigenvalue weighted by Crippen LogP contribution is -2.10. The van der Waals surface area contributed by atoms with Crippen LogP contribution in [0.2, 0.25) is 5.02 Å². The predicted octanol–water partition coefficient (Wildman–Crippen LogP) is 2.88. The van der Waals surface area contributed by atoms with Crippen molar-refractivity contribution in [2.45, 2.75) is 0 Å². The summed E-state index contributed by atoms with van der Waals surface area (Å²) in [6, 6.07) is 2.21. The van der Waals surface area contributed by atoms with E-state index in [1.807, 2.05) is 10.3 Å². The zero-order valence-electron chi connectivity index (χ0n) is 9.64. The molecular weight excluding hydrogens is 297 g/mol. The monoisotopic (exact) mass is 302 g/mol. The van der Waals surface area contributed by atoms with Gasteiger partial charge >= 0.3 is 0 Å². The molecule has 0 saturated heterocycles. The van der Waals surface area contributed by atoms with E-state index in [2.05, 4.69) is 0 Å². The zero-order chi connectivity index (χ0) is 14.9. The van der Waals surface area contributed by atoms with Gasteiger partial charge in [-0.1, -0.05) is 11.6 Å². The highest BCUT2D eigenvalue weighted by molar-refractivity contribution is 6.31. The standard InChI is InChI=1S/C12H6ClF3N2O2/c13-7-3-9(18-12(7)16)11(20)6-1-5(14)2-8(15)10(6)17-4-19/h1-4,18H,(H,17,19). The summed E-state index contributed by atoms with van der Waals surface area (Å²) >= 11 is 5.45. The number of H-pyrrole nitrogens is 1. The van der Waals surface area contributed by atoms with E-state index in [1.54, 1.807) is 0 Å². The molecular formula is C12H6ClF3N2O2. The predicted molar refractivity (Wildman–Crippen MR) is 65.2 cm³/mol. The number of carbonyl (C=O) groups excluding carboxylic acids is 2. The molecule has 0 aliphatic rings. The maximum atomic E-state index is 13.5. The van der Waals surface area contributed by atoms with Crippen LogP contribution in [0.3, 0.4) is 0 Å². The molecule has 1 amide bonds. The molecule has 104 valence electrons. The molecule has 0 unspecified atom stereocenters. The first kappa shape index (κ1) is 14.1. The minimum Gasteiger partial charge on any atom is -0.327 e. The van der Waals surface area contributed by atoms with Crippen LogP contribution in [0.25, 0.3) is 0 Å². The second-order valence-electron chi connectivity index (χ2n) is 3.75. The second kappa shape index (κ2) is 5.38. The molecule has 0 atom stereocenters. The Morgan fingerprint density at radius 1 is 1.25 bits per heavy atom. The quantitative estimate of drug-likeness (QED) is 0.674. The normalized spacial score (nSPS) is 10.4. The average Bonchev–Trinajstić information content (AvgIpc) is 2.72. The van der Waals surface area contributed by atoms with Crippen molar-refractivity contribution in [3.05, 3.63) is 52.1 Å². The second-order valence-corrected chi connectivity index (χ2v) is 4.15. The van der Waals surface area contributed by atoms with Crippen LogP contribution in [0.15, 0.2) is 18.2 Å². The molecule has 0 bridgehead atoms. The van der Waals surface area contributed by atoms with Crippen LogP contribution >= 0.6 is 11.6 Å². The number of ketones is 1. The van der Waals surface area contributed by atoms with Gasteiger partial charge in [0.2, 0.25) is 18.1 Å². The van der Waals surface area contributed by atoms with Crippen LogP contribution in [0.4, 0.5) is 18.9 Å². The summed E-state index contributed by atoms with van der Waals surface area (Å²) in [5.74, 6) is -4.01. The van der Waals surface area contributed by atoms with Crippen molar-refractivity contribution in [2.75, 3.05) is 5.32 Å². The van der Waals surface area contributed by atoms with Gasteiger partial charge in [0, 0.05) is 6.07 Å². The van der Waals surface area contributed by atoms with E-state index in [9.17, 15) is 22.8 Å². The van der Waals surface area contributed by atoms with Gasteiger partial charge in [-0.25, -0.2) is 8.78 Å².